The fraction of sp³-hybridized carbons (Fsp3) is 0.500. The smallest absolute Gasteiger partial charge is 0.304 e. The summed E-state index contributed by atoms with van der Waals surface area (Å²) < 4.78 is 0. The highest BCUT2D eigenvalue weighted by Crippen LogP contribution is 2.14. The lowest BCUT2D eigenvalue weighted by Gasteiger charge is -2.19. The molecule has 0 bridgehead atoms. The third kappa shape index (κ3) is 4.57. The molecule has 0 fully saturated rings. The maximum Gasteiger partial charge on any atom is 0.304 e. The Bertz CT molecular complexity index is 359. The molecular formula is C14H21NO2. The molecule has 0 aliphatic carbocycles. The van der Waals surface area contributed by atoms with E-state index in [4.69, 9.17) is 5.11 Å². The number of carboxylic acid groups (broad SMARTS) is 1. The molecule has 0 aliphatic heterocycles. The lowest BCUT2D eigenvalue weighted by molar-refractivity contribution is -0.137. The minimum Gasteiger partial charge on any atom is -0.481 e. The van der Waals surface area contributed by atoms with Crippen LogP contribution in [0.1, 0.15) is 44.4 Å². The van der Waals surface area contributed by atoms with Gasteiger partial charge >= 0.3 is 5.97 Å². The molecule has 1 rings (SSSR count). The average Bonchev–Trinajstić information content (AvgIpc) is 2.28. The summed E-state index contributed by atoms with van der Waals surface area (Å²) in [6, 6.07) is 8.60. The normalized spacial score (nSPS) is 14.3. The summed E-state index contributed by atoms with van der Waals surface area (Å²) in [5, 5.41) is 12.0. The molecule has 2 unspecified atom stereocenters. The molecular weight excluding hydrogens is 214 g/mol. The van der Waals surface area contributed by atoms with E-state index in [0.717, 1.165) is 6.42 Å². The van der Waals surface area contributed by atoms with Gasteiger partial charge in [-0.05, 0) is 31.4 Å². The molecule has 2 N–H and O–H groups in total. The van der Waals surface area contributed by atoms with Gasteiger partial charge in [-0.3, -0.25) is 4.79 Å². The molecule has 0 saturated carbocycles. The number of aliphatic carboxylic acids is 1. The Kier molecular flexibility index (Phi) is 5.16. The highest BCUT2D eigenvalue weighted by Gasteiger charge is 2.11. The van der Waals surface area contributed by atoms with Crippen molar-refractivity contribution in [1.82, 2.24) is 5.32 Å². The van der Waals surface area contributed by atoms with Crippen molar-refractivity contribution in [2.45, 2.75) is 45.7 Å². The molecule has 0 amide bonds. The van der Waals surface area contributed by atoms with E-state index < -0.39 is 5.97 Å². The van der Waals surface area contributed by atoms with Crippen molar-refractivity contribution in [2.75, 3.05) is 0 Å². The summed E-state index contributed by atoms with van der Waals surface area (Å²) in [6.45, 7) is 6.08. The van der Waals surface area contributed by atoms with Gasteiger partial charge in [-0.25, -0.2) is 0 Å². The number of nitrogens with one attached hydrogen (secondary N) is 1. The van der Waals surface area contributed by atoms with Crippen molar-refractivity contribution in [3.63, 3.8) is 0 Å². The second-order valence-corrected chi connectivity index (χ2v) is 4.48. The average molecular weight is 235 g/mol. The second kappa shape index (κ2) is 6.40. The molecule has 1 aromatic carbocycles. The van der Waals surface area contributed by atoms with Gasteiger partial charge in [0.15, 0.2) is 0 Å². The van der Waals surface area contributed by atoms with Gasteiger partial charge in [0.05, 0.1) is 6.42 Å². The first kappa shape index (κ1) is 13.7. The molecule has 2 atom stereocenters. The van der Waals surface area contributed by atoms with Crippen LogP contribution >= 0.6 is 0 Å². The Morgan fingerprint density at radius 2 is 1.88 bits per heavy atom. The minimum absolute atomic E-state index is 0.0200. The maximum atomic E-state index is 10.6. The van der Waals surface area contributed by atoms with Crippen molar-refractivity contribution >= 4 is 5.97 Å². The summed E-state index contributed by atoms with van der Waals surface area (Å²) in [5.41, 5.74) is 2.51. The van der Waals surface area contributed by atoms with E-state index in [1.807, 2.05) is 6.92 Å². The van der Waals surface area contributed by atoms with E-state index >= 15 is 0 Å². The fourth-order valence-electron chi connectivity index (χ4n) is 1.89. The van der Waals surface area contributed by atoms with Gasteiger partial charge in [0.25, 0.3) is 0 Å². The predicted octanol–water partition coefficient (Wildman–Crippen LogP) is 2.76. The van der Waals surface area contributed by atoms with Crippen LogP contribution in [0.4, 0.5) is 0 Å². The number of hydrogen-bond donors (Lipinski definition) is 2. The molecule has 17 heavy (non-hydrogen) atoms. The first-order valence-electron chi connectivity index (χ1n) is 6.09. The van der Waals surface area contributed by atoms with Crippen molar-refractivity contribution < 1.29 is 9.90 Å². The topological polar surface area (TPSA) is 49.3 Å². The third-order valence-electron chi connectivity index (χ3n) is 2.90. The number of hydrogen-bond acceptors (Lipinski definition) is 2. The number of carbonyl (C=O) groups is 1. The molecule has 0 heterocycles. The van der Waals surface area contributed by atoms with Crippen LogP contribution in [-0.2, 0) is 11.2 Å². The second-order valence-electron chi connectivity index (χ2n) is 4.48. The number of carboxylic acids is 1. The number of rotatable bonds is 6. The Hall–Kier alpha value is -1.35. The van der Waals surface area contributed by atoms with Crippen molar-refractivity contribution in [1.29, 1.82) is 0 Å². The van der Waals surface area contributed by atoms with E-state index in [-0.39, 0.29) is 18.5 Å². The summed E-state index contributed by atoms with van der Waals surface area (Å²) in [5.74, 6) is -0.765. The third-order valence-corrected chi connectivity index (χ3v) is 2.90. The van der Waals surface area contributed by atoms with Crippen molar-refractivity contribution in [3.05, 3.63) is 35.4 Å². The molecule has 0 saturated heterocycles. The summed E-state index contributed by atoms with van der Waals surface area (Å²) in [6.07, 6.45) is 1.19. The molecule has 1 aromatic rings. The Labute approximate surface area is 103 Å². The van der Waals surface area contributed by atoms with Crippen molar-refractivity contribution in [3.8, 4) is 0 Å². The summed E-state index contributed by atoms with van der Waals surface area (Å²) in [7, 11) is 0. The molecule has 0 aliphatic rings. The van der Waals surface area contributed by atoms with Crippen LogP contribution < -0.4 is 5.32 Å². The molecule has 3 heteroatoms. The van der Waals surface area contributed by atoms with Crippen LogP contribution in [0.25, 0.3) is 0 Å². The van der Waals surface area contributed by atoms with Gasteiger partial charge in [0.2, 0.25) is 0 Å². The van der Waals surface area contributed by atoms with E-state index in [1.165, 1.54) is 11.1 Å². The molecule has 0 radical (unpaired) electrons. The SMILES string of the molecule is CCc1ccc(C(C)NC(C)CC(=O)O)cc1. The monoisotopic (exact) mass is 235 g/mol. The van der Waals surface area contributed by atoms with Gasteiger partial charge in [0.1, 0.15) is 0 Å². The van der Waals surface area contributed by atoms with Crippen LogP contribution in [-0.4, -0.2) is 17.1 Å². The van der Waals surface area contributed by atoms with Crippen LogP contribution in [0, 0.1) is 0 Å². The first-order chi connectivity index (χ1) is 8.02. The van der Waals surface area contributed by atoms with Gasteiger partial charge in [-0.2, -0.15) is 0 Å². The largest absolute Gasteiger partial charge is 0.481 e. The standard InChI is InChI=1S/C14H21NO2/c1-4-12-5-7-13(8-6-12)11(3)15-10(2)9-14(16)17/h5-8,10-11,15H,4,9H2,1-3H3,(H,16,17). The first-order valence-corrected chi connectivity index (χ1v) is 6.09. The van der Waals surface area contributed by atoms with E-state index in [2.05, 4.69) is 43.4 Å². The quantitative estimate of drug-likeness (QED) is 0.797. The van der Waals surface area contributed by atoms with Gasteiger partial charge in [-0.15, -0.1) is 0 Å². The van der Waals surface area contributed by atoms with E-state index in [1.54, 1.807) is 0 Å². The van der Waals surface area contributed by atoms with Gasteiger partial charge in [-0.1, -0.05) is 31.2 Å². The highest BCUT2D eigenvalue weighted by atomic mass is 16.4. The van der Waals surface area contributed by atoms with Crippen LogP contribution in [0.15, 0.2) is 24.3 Å². The Morgan fingerprint density at radius 3 is 2.35 bits per heavy atom. The van der Waals surface area contributed by atoms with E-state index in [9.17, 15) is 4.79 Å². The highest BCUT2D eigenvalue weighted by molar-refractivity contribution is 5.67. The van der Waals surface area contributed by atoms with Crippen LogP contribution in [0.2, 0.25) is 0 Å². The van der Waals surface area contributed by atoms with Crippen molar-refractivity contribution in [2.24, 2.45) is 0 Å². The molecule has 3 nitrogen and oxygen atoms in total. The van der Waals surface area contributed by atoms with Crippen LogP contribution in [0.3, 0.4) is 0 Å². The number of benzene rings is 1. The van der Waals surface area contributed by atoms with Crippen LogP contribution in [0.5, 0.6) is 0 Å². The molecule has 94 valence electrons. The lowest BCUT2D eigenvalue weighted by atomic mass is 10.0. The fourth-order valence-corrected chi connectivity index (χ4v) is 1.89. The molecule has 0 spiro atoms. The maximum absolute atomic E-state index is 10.6. The van der Waals surface area contributed by atoms with Gasteiger partial charge < -0.3 is 10.4 Å². The zero-order valence-corrected chi connectivity index (χ0v) is 10.7. The minimum atomic E-state index is -0.765. The van der Waals surface area contributed by atoms with E-state index in [0.29, 0.717) is 0 Å². The zero-order valence-electron chi connectivity index (χ0n) is 10.7. The zero-order chi connectivity index (χ0) is 12.8. The predicted molar refractivity (Wildman–Crippen MR) is 69.1 cm³/mol. The lowest BCUT2D eigenvalue weighted by Crippen LogP contribution is -2.30. The van der Waals surface area contributed by atoms with Gasteiger partial charge in [0, 0.05) is 12.1 Å². The summed E-state index contributed by atoms with van der Waals surface area (Å²) >= 11 is 0. The number of aryl methyl sites for hydroxylation is 1. The molecule has 0 aromatic heterocycles. The summed E-state index contributed by atoms with van der Waals surface area (Å²) in [4.78, 5) is 10.6. The Morgan fingerprint density at radius 1 is 1.29 bits per heavy atom. The Balaban J connectivity index is 2.56.